The van der Waals surface area contributed by atoms with Crippen molar-refractivity contribution in [2.24, 2.45) is 10.9 Å². The highest BCUT2D eigenvalue weighted by Crippen LogP contribution is 2.03. The summed E-state index contributed by atoms with van der Waals surface area (Å²) in [6.07, 6.45) is 0.969. The van der Waals surface area contributed by atoms with Gasteiger partial charge in [0.1, 0.15) is 0 Å². The fourth-order valence-corrected chi connectivity index (χ4v) is 1.56. The molecule has 0 fully saturated rings. The molecule has 1 aromatic rings. The highest BCUT2D eigenvalue weighted by atomic mass is 16.5. The zero-order valence-corrected chi connectivity index (χ0v) is 12.8. The molecule has 4 nitrogen and oxygen atoms in total. The number of nitrogens with zero attached hydrogens (tertiary/aromatic N) is 1. The van der Waals surface area contributed by atoms with Crippen LogP contribution in [0.5, 0.6) is 0 Å². The highest BCUT2D eigenvalue weighted by molar-refractivity contribution is 6.04. The fourth-order valence-electron chi connectivity index (χ4n) is 1.56. The molecule has 0 heterocycles. The van der Waals surface area contributed by atoms with Gasteiger partial charge in [0.05, 0.1) is 6.61 Å². The largest absolute Gasteiger partial charge is 0.465 e. The Kier molecular flexibility index (Phi) is 6.77. The van der Waals surface area contributed by atoms with Crippen molar-refractivity contribution < 1.29 is 9.53 Å². The monoisotopic (exact) mass is 276 g/mol. The summed E-state index contributed by atoms with van der Waals surface area (Å²) in [5.41, 5.74) is 1.73. The van der Waals surface area contributed by atoms with Crippen molar-refractivity contribution in [3.8, 4) is 0 Å². The lowest BCUT2D eigenvalue weighted by atomic mass is 10.1. The number of nitrogens with one attached hydrogen (secondary N) is 1. The van der Waals surface area contributed by atoms with Crippen molar-refractivity contribution in [2.75, 3.05) is 13.2 Å². The van der Waals surface area contributed by atoms with Crippen molar-refractivity contribution >= 4 is 11.9 Å². The van der Waals surface area contributed by atoms with Gasteiger partial charge >= 0.3 is 0 Å². The average molecular weight is 276 g/mol. The number of aliphatic imine (C=N–C) groups is 1. The van der Waals surface area contributed by atoms with E-state index in [1.54, 1.807) is 12.1 Å². The van der Waals surface area contributed by atoms with Crippen LogP contribution in [0, 0.1) is 12.8 Å². The van der Waals surface area contributed by atoms with E-state index in [-0.39, 0.29) is 5.91 Å². The molecule has 0 aliphatic heterocycles. The second-order valence-electron chi connectivity index (χ2n) is 5.12. The molecule has 0 aromatic heterocycles. The molecule has 0 saturated carbocycles. The summed E-state index contributed by atoms with van der Waals surface area (Å²) in [6.45, 7) is 9.27. The second-order valence-corrected chi connectivity index (χ2v) is 5.12. The minimum Gasteiger partial charge on any atom is -0.465 e. The first-order valence-electron chi connectivity index (χ1n) is 7.08. The van der Waals surface area contributed by atoms with Crippen LogP contribution < -0.4 is 5.32 Å². The number of ether oxygens (including phenoxy) is 1. The van der Waals surface area contributed by atoms with Crippen LogP contribution >= 0.6 is 0 Å². The average Bonchev–Trinajstić information content (AvgIpc) is 2.39. The number of hydrogen-bond donors (Lipinski definition) is 1. The van der Waals surface area contributed by atoms with Gasteiger partial charge in [0.15, 0.2) is 0 Å². The Morgan fingerprint density at radius 2 is 1.95 bits per heavy atom. The molecule has 1 rings (SSSR count). The molecule has 0 spiro atoms. The molecule has 1 N–H and O–H groups in total. The van der Waals surface area contributed by atoms with E-state index in [9.17, 15) is 4.79 Å². The van der Waals surface area contributed by atoms with E-state index in [0.29, 0.717) is 30.7 Å². The topological polar surface area (TPSA) is 50.7 Å². The molecule has 0 unspecified atom stereocenters. The lowest BCUT2D eigenvalue weighted by Crippen LogP contribution is -2.32. The molecule has 1 amide bonds. The zero-order valence-electron chi connectivity index (χ0n) is 12.8. The minimum absolute atomic E-state index is 0.193. The van der Waals surface area contributed by atoms with E-state index in [4.69, 9.17) is 4.74 Å². The van der Waals surface area contributed by atoms with Gasteiger partial charge in [-0.1, -0.05) is 31.5 Å². The van der Waals surface area contributed by atoms with Gasteiger partial charge in [-0.25, -0.2) is 4.99 Å². The molecular weight excluding hydrogens is 252 g/mol. The van der Waals surface area contributed by atoms with Crippen LogP contribution in [0.4, 0.5) is 0 Å². The number of carbonyl (C=O) groups is 1. The van der Waals surface area contributed by atoms with E-state index in [1.165, 1.54) is 0 Å². The number of amidine groups is 1. The summed E-state index contributed by atoms with van der Waals surface area (Å²) < 4.78 is 5.36. The van der Waals surface area contributed by atoms with Gasteiger partial charge in [0, 0.05) is 12.1 Å². The minimum atomic E-state index is -0.193. The normalized spacial score (nSPS) is 11.6. The van der Waals surface area contributed by atoms with Crippen molar-refractivity contribution in [1.82, 2.24) is 5.32 Å². The smallest absolute Gasteiger partial charge is 0.291 e. The summed E-state index contributed by atoms with van der Waals surface area (Å²) in [6, 6.07) is 7.71. The first-order chi connectivity index (χ1) is 9.52. The Hall–Kier alpha value is -1.84. The van der Waals surface area contributed by atoms with Crippen LogP contribution in [-0.4, -0.2) is 25.1 Å². The van der Waals surface area contributed by atoms with Gasteiger partial charge in [-0.15, -0.1) is 0 Å². The third-order valence-corrected chi connectivity index (χ3v) is 2.78. The SMILES string of the molecule is CCOC(=NCCC(C)C)NC(=O)c1ccc(C)cc1. The van der Waals surface area contributed by atoms with Crippen LogP contribution in [0.15, 0.2) is 29.3 Å². The van der Waals surface area contributed by atoms with Crippen LogP contribution in [0.3, 0.4) is 0 Å². The number of hydrogen-bond acceptors (Lipinski definition) is 3. The van der Waals surface area contributed by atoms with Gasteiger partial charge in [-0.2, -0.15) is 0 Å². The second kappa shape index (κ2) is 8.35. The molecule has 0 atom stereocenters. The summed E-state index contributed by atoms with van der Waals surface area (Å²) in [5, 5.41) is 2.72. The predicted molar refractivity (Wildman–Crippen MR) is 82.0 cm³/mol. The van der Waals surface area contributed by atoms with Gasteiger partial charge in [0.25, 0.3) is 11.9 Å². The van der Waals surface area contributed by atoms with E-state index < -0.39 is 0 Å². The first kappa shape index (κ1) is 16.2. The Morgan fingerprint density at radius 1 is 1.30 bits per heavy atom. The van der Waals surface area contributed by atoms with Gasteiger partial charge in [0.2, 0.25) is 0 Å². The number of benzene rings is 1. The van der Waals surface area contributed by atoms with Crippen LogP contribution in [0.25, 0.3) is 0 Å². The summed E-state index contributed by atoms with van der Waals surface area (Å²) >= 11 is 0. The molecule has 20 heavy (non-hydrogen) atoms. The zero-order chi connectivity index (χ0) is 15.0. The summed E-state index contributed by atoms with van der Waals surface area (Å²) in [7, 11) is 0. The van der Waals surface area contributed by atoms with Crippen LogP contribution in [0.1, 0.15) is 43.1 Å². The van der Waals surface area contributed by atoms with Crippen LogP contribution in [0.2, 0.25) is 0 Å². The number of carbonyl (C=O) groups excluding carboxylic acids is 1. The molecular formula is C16H24N2O2. The van der Waals surface area contributed by atoms with Crippen LogP contribution in [-0.2, 0) is 4.74 Å². The molecule has 110 valence electrons. The summed E-state index contributed by atoms with van der Waals surface area (Å²) in [5.74, 6) is 0.385. The summed E-state index contributed by atoms with van der Waals surface area (Å²) in [4.78, 5) is 16.4. The van der Waals surface area contributed by atoms with Crippen molar-refractivity contribution in [3.63, 3.8) is 0 Å². The highest BCUT2D eigenvalue weighted by Gasteiger charge is 2.09. The maximum Gasteiger partial charge on any atom is 0.291 e. The molecule has 0 saturated heterocycles. The van der Waals surface area contributed by atoms with Gasteiger partial charge in [-0.3, -0.25) is 10.1 Å². The Labute approximate surface area is 121 Å². The van der Waals surface area contributed by atoms with E-state index >= 15 is 0 Å². The number of rotatable bonds is 5. The Balaban J connectivity index is 2.64. The first-order valence-corrected chi connectivity index (χ1v) is 7.08. The molecule has 0 aliphatic rings. The molecule has 0 radical (unpaired) electrons. The van der Waals surface area contributed by atoms with Crippen molar-refractivity contribution in [2.45, 2.75) is 34.1 Å². The maximum atomic E-state index is 12.1. The third-order valence-electron chi connectivity index (χ3n) is 2.78. The predicted octanol–water partition coefficient (Wildman–Crippen LogP) is 3.16. The third kappa shape index (κ3) is 5.87. The van der Waals surface area contributed by atoms with Crippen molar-refractivity contribution in [3.05, 3.63) is 35.4 Å². The fraction of sp³-hybridized carbons (Fsp3) is 0.500. The molecule has 4 heteroatoms. The van der Waals surface area contributed by atoms with Crippen molar-refractivity contribution in [1.29, 1.82) is 0 Å². The van der Waals surface area contributed by atoms with E-state index in [2.05, 4.69) is 24.2 Å². The number of aryl methyl sites for hydroxylation is 1. The lowest BCUT2D eigenvalue weighted by molar-refractivity contribution is 0.0966. The van der Waals surface area contributed by atoms with Gasteiger partial charge < -0.3 is 4.74 Å². The maximum absolute atomic E-state index is 12.1. The van der Waals surface area contributed by atoms with E-state index in [0.717, 1.165) is 12.0 Å². The molecule has 0 aliphatic carbocycles. The number of amides is 1. The quantitative estimate of drug-likeness (QED) is 0.663. The lowest BCUT2D eigenvalue weighted by Gasteiger charge is -2.10. The molecule has 1 aromatic carbocycles. The Morgan fingerprint density at radius 3 is 2.50 bits per heavy atom. The van der Waals surface area contributed by atoms with E-state index in [1.807, 2.05) is 26.0 Å². The standard InChI is InChI=1S/C16H24N2O2/c1-5-20-16(17-11-10-12(2)3)18-15(19)14-8-6-13(4)7-9-14/h6-9,12H,5,10-11H2,1-4H3,(H,17,18,19). The van der Waals surface area contributed by atoms with Gasteiger partial charge in [-0.05, 0) is 38.3 Å². The molecule has 0 bridgehead atoms. The Bertz CT molecular complexity index is 450.